The van der Waals surface area contributed by atoms with E-state index in [0.717, 1.165) is 37.4 Å². The number of aliphatic hydroxyl groups excluding tert-OH is 1. The molecule has 1 aliphatic heterocycles. The van der Waals surface area contributed by atoms with Crippen molar-refractivity contribution in [3.8, 4) is 17.2 Å². The van der Waals surface area contributed by atoms with Crippen molar-refractivity contribution in [2.75, 3.05) is 20.2 Å². The summed E-state index contributed by atoms with van der Waals surface area (Å²) >= 11 is 0. The summed E-state index contributed by atoms with van der Waals surface area (Å²) in [5, 5.41) is 9.73. The fourth-order valence-corrected chi connectivity index (χ4v) is 4.06. The van der Waals surface area contributed by atoms with Crippen LogP contribution in [0.1, 0.15) is 23.2 Å². The predicted molar refractivity (Wildman–Crippen MR) is 97.6 cm³/mol. The number of hydrogen-bond donors (Lipinski definition) is 1. The van der Waals surface area contributed by atoms with Crippen molar-refractivity contribution >= 4 is 5.91 Å². The summed E-state index contributed by atoms with van der Waals surface area (Å²) in [6, 6.07) is 14.6. The zero-order valence-corrected chi connectivity index (χ0v) is 14.8. The minimum atomic E-state index is -0.184. The number of carbonyl (C=O) groups excluding carboxylic acids is 1. The van der Waals surface area contributed by atoms with Gasteiger partial charge in [0.25, 0.3) is 5.91 Å². The van der Waals surface area contributed by atoms with Gasteiger partial charge in [-0.15, -0.1) is 0 Å². The predicted octanol–water partition coefficient (Wildman–Crippen LogP) is 3.33. The van der Waals surface area contributed by atoms with Crippen LogP contribution in [0.2, 0.25) is 0 Å². The standard InChI is InChI=1S/C21H23NO4/c1-25-18-6-8-20(9-7-18)26-19-4-2-14(3-5-19)21(24)22-12-15-10-17(23)11-16(15)13-22/h2-9,15-17,23H,10-13H2,1H3/t15-,16+,17?. The number of nitrogens with zero attached hydrogens (tertiary/aromatic N) is 1. The van der Waals surface area contributed by atoms with Gasteiger partial charge in [-0.3, -0.25) is 4.79 Å². The van der Waals surface area contributed by atoms with Crippen LogP contribution in [0.3, 0.4) is 0 Å². The number of benzene rings is 2. The Kier molecular flexibility index (Phi) is 4.55. The van der Waals surface area contributed by atoms with E-state index in [2.05, 4.69) is 0 Å². The number of amides is 1. The second-order valence-electron chi connectivity index (χ2n) is 7.16. The second kappa shape index (κ2) is 7.00. The Morgan fingerprint density at radius 1 is 0.923 bits per heavy atom. The van der Waals surface area contributed by atoms with Crippen molar-refractivity contribution in [2.45, 2.75) is 18.9 Å². The molecule has 0 bridgehead atoms. The van der Waals surface area contributed by atoms with Gasteiger partial charge in [0.2, 0.25) is 0 Å². The molecule has 1 heterocycles. The largest absolute Gasteiger partial charge is 0.497 e. The van der Waals surface area contributed by atoms with Crippen LogP contribution in [0.15, 0.2) is 48.5 Å². The summed E-state index contributed by atoms with van der Waals surface area (Å²) in [7, 11) is 1.63. The molecule has 0 spiro atoms. The van der Waals surface area contributed by atoms with Crippen LogP contribution < -0.4 is 9.47 Å². The topological polar surface area (TPSA) is 59.0 Å². The van der Waals surface area contributed by atoms with Gasteiger partial charge in [0, 0.05) is 18.7 Å². The second-order valence-corrected chi connectivity index (χ2v) is 7.16. The quantitative estimate of drug-likeness (QED) is 0.916. The number of ether oxygens (including phenoxy) is 2. The molecule has 2 fully saturated rings. The first-order valence-electron chi connectivity index (χ1n) is 9.01. The highest BCUT2D eigenvalue weighted by Gasteiger charge is 2.41. The molecule has 4 rings (SSSR count). The maximum atomic E-state index is 12.7. The monoisotopic (exact) mass is 353 g/mol. The minimum Gasteiger partial charge on any atom is -0.497 e. The molecule has 0 aromatic heterocycles. The third kappa shape index (κ3) is 3.40. The molecular weight excluding hydrogens is 330 g/mol. The first-order chi connectivity index (χ1) is 12.6. The normalized spacial score (nSPS) is 24.4. The van der Waals surface area contributed by atoms with E-state index in [-0.39, 0.29) is 12.0 Å². The number of likely N-dealkylation sites (tertiary alicyclic amines) is 1. The Morgan fingerprint density at radius 3 is 1.96 bits per heavy atom. The van der Waals surface area contributed by atoms with Crippen molar-refractivity contribution in [3.63, 3.8) is 0 Å². The van der Waals surface area contributed by atoms with Gasteiger partial charge >= 0.3 is 0 Å². The fraction of sp³-hybridized carbons (Fsp3) is 0.381. The van der Waals surface area contributed by atoms with E-state index < -0.39 is 0 Å². The number of hydrogen-bond acceptors (Lipinski definition) is 4. The van der Waals surface area contributed by atoms with Crippen molar-refractivity contribution < 1.29 is 19.4 Å². The van der Waals surface area contributed by atoms with Crippen LogP contribution in [-0.4, -0.2) is 42.2 Å². The summed E-state index contributed by atoms with van der Waals surface area (Å²) in [6.45, 7) is 1.51. The van der Waals surface area contributed by atoms with Gasteiger partial charge in [-0.05, 0) is 73.2 Å². The molecule has 1 saturated carbocycles. The number of carbonyl (C=O) groups is 1. The Hall–Kier alpha value is -2.53. The van der Waals surface area contributed by atoms with E-state index in [1.54, 1.807) is 7.11 Å². The van der Waals surface area contributed by atoms with Gasteiger partial charge < -0.3 is 19.5 Å². The first-order valence-corrected chi connectivity index (χ1v) is 9.01. The number of methoxy groups -OCH3 is 1. The summed E-state index contributed by atoms with van der Waals surface area (Å²) in [4.78, 5) is 14.6. The Labute approximate surface area is 153 Å². The van der Waals surface area contributed by atoms with Crippen molar-refractivity contribution in [2.24, 2.45) is 11.8 Å². The molecule has 1 N–H and O–H groups in total. The highest BCUT2D eigenvalue weighted by Crippen LogP contribution is 2.38. The van der Waals surface area contributed by atoms with Crippen LogP contribution in [0.5, 0.6) is 17.2 Å². The molecule has 1 unspecified atom stereocenters. The lowest BCUT2D eigenvalue weighted by molar-refractivity contribution is 0.0765. The van der Waals surface area contributed by atoms with Crippen LogP contribution in [0.25, 0.3) is 0 Å². The Bertz CT molecular complexity index is 758. The summed E-state index contributed by atoms with van der Waals surface area (Å²) in [5.74, 6) is 3.15. The van der Waals surface area contributed by atoms with Gasteiger partial charge in [-0.25, -0.2) is 0 Å². The first kappa shape index (κ1) is 16.9. The van der Waals surface area contributed by atoms with E-state index in [1.165, 1.54) is 0 Å². The lowest BCUT2D eigenvalue weighted by atomic mass is 10.0. The van der Waals surface area contributed by atoms with E-state index in [4.69, 9.17) is 9.47 Å². The number of rotatable bonds is 4. The molecule has 136 valence electrons. The smallest absolute Gasteiger partial charge is 0.253 e. The molecule has 1 saturated heterocycles. The SMILES string of the molecule is COc1ccc(Oc2ccc(C(=O)N3C[C@H]4CC(O)C[C@H]4C3)cc2)cc1. The summed E-state index contributed by atoms with van der Waals surface area (Å²) in [5.41, 5.74) is 0.674. The number of aliphatic hydroxyl groups is 1. The van der Waals surface area contributed by atoms with Gasteiger partial charge in [0.15, 0.2) is 0 Å². The molecule has 3 atom stereocenters. The molecule has 0 radical (unpaired) electrons. The van der Waals surface area contributed by atoms with Gasteiger partial charge in [-0.1, -0.05) is 0 Å². The fourth-order valence-electron chi connectivity index (χ4n) is 4.06. The third-order valence-electron chi connectivity index (χ3n) is 5.41. The maximum absolute atomic E-state index is 12.7. The van der Waals surface area contributed by atoms with E-state index in [9.17, 15) is 9.90 Å². The highest BCUT2D eigenvalue weighted by molar-refractivity contribution is 5.94. The zero-order chi connectivity index (χ0) is 18.1. The molecule has 5 nitrogen and oxygen atoms in total. The van der Waals surface area contributed by atoms with Crippen molar-refractivity contribution in [1.29, 1.82) is 0 Å². The van der Waals surface area contributed by atoms with Crippen LogP contribution >= 0.6 is 0 Å². The van der Waals surface area contributed by atoms with Crippen LogP contribution in [-0.2, 0) is 0 Å². The average Bonchev–Trinajstić information content (AvgIpc) is 3.20. The van der Waals surface area contributed by atoms with Crippen molar-refractivity contribution in [1.82, 2.24) is 4.90 Å². The lowest BCUT2D eigenvalue weighted by Crippen LogP contribution is -2.30. The highest BCUT2D eigenvalue weighted by atomic mass is 16.5. The Balaban J connectivity index is 1.38. The van der Waals surface area contributed by atoms with Gasteiger partial charge in [0.05, 0.1) is 13.2 Å². The molecule has 1 aliphatic carbocycles. The maximum Gasteiger partial charge on any atom is 0.253 e. The third-order valence-corrected chi connectivity index (χ3v) is 5.41. The molecule has 2 aliphatic rings. The van der Waals surface area contributed by atoms with Crippen LogP contribution in [0, 0.1) is 11.8 Å². The Morgan fingerprint density at radius 2 is 1.42 bits per heavy atom. The molecule has 26 heavy (non-hydrogen) atoms. The molecule has 1 amide bonds. The molecule has 2 aromatic carbocycles. The molecule has 2 aromatic rings. The minimum absolute atomic E-state index is 0.0601. The van der Waals surface area contributed by atoms with E-state index >= 15 is 0 Å². The van der Waals surface area contributed by atoms with Gasteiger partial charge in [0.1, 0.15) is 17.2 Å². The summed E-state index contributed by atoms with van der Waals surface area (Å²) in [6.07, 6.45) is 1.46. The number of fused-ring (bicyclic) bond motifs is 1. The lowest BCUT2D eigenvalue weighted by Gasteiger charge is -2.18. The van der Waals surface area contributed by atoms with Crippen LogP contribution in [0.4, 0.5) is 0 Å². The van der Waals surface area contributed by atoms with Gasteiger partial charge in [-0.2, -0.15) is 0 Å². The van der Waals surface area contributed by atoms with E-state index in [0.29, 0.717) is 23.1 Å². The summed E-state index contributed by atoms with van der Waals surface area (Å²) < 4.78 is 10.9. The molecule has 5 heteroatoms. The zero-order valence-electron chi connectivity index (χ0n) is 14.8. The van der Waals surface area contributed by atoms with Crippen molar-refractivity contribution in [3.05, 3.63) is 54.1 Å². The molecular formula is C21H23NO4. The average molecular weight is 353 g/mol. The van der Waals surface area contributed by atoms with E-state index in [1.807, 2.05) is 53.4 Å².